The molecule has 0 radical (unpaired) electrons. The molecule has 0 aliphatic carbocycles. The van der Waals surface area contributed by atoms with Gasteiger partial charge in [0.05, 0.1) is 10.7 Å². The Morgan fingerprint density at radius 2 is 1.70 bits per heavy atom. The Balaban J connectivity index is 1.80. The maximum Gasteiger partial charge on any atom is 0.0976 e. The van der Waals surface area contributed by atoms with Crippen LogP contribution in [-0.2, 0) is 6.42 Å². The van der Waals surface area contributed by atoms with Crippen LogP contribution in [0.5, 0.6) is 0 Å². The zero-order valence-corrected chi connectivity index (χ0v) is 13.7. The number of aromatic nitrogens is 1. The van der Waals surface area contributed by atoms with Crippen LogP contribution in [0.15, 0.2) is 58.4 Å². The predicted molar refractivity (Wildman–Crippen MR) is 89.5 cm³/mol. The third-order valence-corrected chi connectivity index (χ3v) is 4.59. The van der Waals surface area contributed by atoms with Crippen LogP contribution in [0.1, 0.15) is 10.6 Å². The molecule has 20 heavy (non-hydrogen) atoms. The Bertz CT molecular complexity index is 704. The lowest BCUT2D eigenvalue weighted by atomic mass is 10.1. The largest absolute Gasteiger partial charge is 0.241 e. The van der Waals surface area contributed by atoms with Crippen molar-refractivity contribution < 1.29 is 0 Å². The fraction of sp³-hybridized carbons (Fsp3) is 0.0625. The highest BCUT2D eigenvalue weighted by molar-refractivity contribution is 9.10. The van der Waals surface area contributed by atoms with E-state index >= 15 is 0 Å². The van der Waals surface area contributed by atoms with Crippen LogP contribution in [0, 0.1) is 0 Å². The van der Waals surface area contributed by atoms with E-state index in [0.717, 1.165) is 32.2 Å². The van der Waals surface area contributed by atoms with Crippen molar-refractivity contribution in [2.45, 2.75) is 6.42 Å². The molecule has 0 N–H and O–H groups in total. The van der Waals surface area contributed by atoms with Crippen molar-refractivity contribution in [3.63, 3.8) is 0 Å². The van der Waals surface area contributed by atoms with Gasteiger partial charge in [-0.05, 0) is 29.8 Å². The van der Waals surface area contributed by atoms with Crippen LogP contribution in [0.4, 0.5) is 0 Å². The first-order valence-electron chi connectivity index (χ1n) is 6.15. The number of rotatable bonds is 3. The van der Waals surface area contributed by atoms with E-state index in [1.165, 1.54) is 5.56 Å². The summed E-state index contributed by atoms with van der Waals surface area (Å²) in [6.45, 7) is 0. The standard InChI is InChI=1S/C16H11BrClNS/c17-13-5-3-12(4-6-13)15-10-20-16(19-15)9-11-1-7-14(18)8-2-11/h1-8,10H,9H2. The second kappa shape index (κ2) is 6.08. The van der Waals surface area contributed by atoms with Crippen molar-refractivity contribution in [3.8, 4) is 11.3 Å². The van der Waals surface area contributed by atoms with E-state index in [9.17, 15) is 0 Å². The highest BCUT2D eigenvalue weighted by Gasteiger charge is 2.05. The van der Waals surface area contributed by atoms with E-state index in [0.29, 0.717) is 0 Å². The molecule has 4 heteroatoms. The van der Waals surface area contributed by atoms with Gasteiger partial charge in [-0.2, -0.15) is 0 Å². The van der Waals surface area contributed by atoms with Crippen LogP contribution >= 0.6 is 38.9 Å². The van der Waals surface area contributed by atoms with Gasteiger partial charge < -0.3 is 0 Å². The van der Waals surface area contributed by atoms with E-state index in [-0.39, 0.29) is 0 Å². The molecule has 3 rings (SSSR count). The number of halogens is 2. The molecule has 0 fully saturated rings. The third kappa shape index (κ3) is 3.29. The molecule has 1 nitrogen and oxygen atoms in total. The summed E-state index contributed by atoms with van der Waals surface area (Å²) in [5, 5.41) is 3.99. The van der Waals surface area contributed by atoms with E-state index in [4.69, 9.17) is 16.6 Å². The molecule has 0 saturated heterocycles. The summed E-state index contributed by atoms with van der Waals surface area (Å²) < 4.78 is 1.08. The molecule has 0 amide bonds. The smallest absolute Gasteiger partial charge is 0.0976 e. The van der Waals surface area contributed by atoms with E-state index in [2.05, 4.69) is 33.4 Å². The van der Waals surface area contributed by atoms with Crippen LogP contribution in [0.3, 0.4) is 0 Å². The van der Waals surface area contributed by atoms with Crippen LogP contribution < -0.4 is 0 Å². The minimum Gasteiger partial charge on any atom is -0.241 e. The zero-order valence-electron chi connectivity index (χ0n) is 10.5. The summed E-state index contributed by atoms with van der Waals surface area (Å²) in [4.78, 5) is 4.70. The fourth-order valence-corrected chi connectivity index (χ4v) is 3.15. The molecule has 0 unspecified atom stereocenters. The van der Waals surface area contributed by atoms with E-state index in [1.807, 2.05) is 36.4 Å². The minimum absolute atomic E-state index is 0.767. The first-order chi connectivity index (χ1) is 9.70. The van der Waals surface area contributed by atoms with Gasteiger partial charge in [-0.3, -0.25) is 0 Å². The molecule has 3 aromatic rings. The van der Waals surface area contributed by atoms with Gasteiger partial charge in [-0.1, -0.05) is 51.8 Å². The van der Waals surface area contributed by atoms with E-state index in [1.54, 1.807) is 11.3 Å². The lowest BCUT2D eigenvalue weighted by Crippen LogP contribution is -1.87. The minimum atomic E-state index is 0.767. The van der Waals surface area contributed by atoms with Crippen molar-refractivity contribution in [3.05, 3.63) is 74.0 Å². The molecule has 0 saturated carbocycles. The van der Waals surface area contributed by atoms with Crippen molar-refractivity contribution in [2.24, 2.45) is 0 Å². The number of nitrogens with zero attached hydrogens (tertiary/aromatic N) is 1. The number of hydrogen-bond donors (Lipinski definition) is 0. The number of thiazole rings is 1. The lowest BCUT2D eigenvalue weighted by molar-refractivity contribution is 1.14. The molecule has 1 aromatic heterocycles. The summed E-state index contributed by atoms with van der Waals surface area (Å²) in [5.41, 5.74) is 3.41. The monoisotopic (exact) mass is 363 g/mol. The van der Waals surface area contributed by atoms with Crippen molar-refractivity contribution in [1.82, 2.24) is 4.98 Å². The summed E-state index contributed by atoms with van der Waals surface area (Å²) in [7, 11) is 0. The normalized spacial score (nSPS) is 10.7. The van der Waals surface area contributed by atoms with Gasteiger partial charge in [0.2, 0.25) is 0 Å². The van der Waals surface area contributed by atoms with Crippen LogP contribution in [0.25, 0.3) is 11.3 Å². The molecular formula is C16H11BrClNS. The maximum atomic E-state index is 5.89. The van der Waals surface area contributed by atoms with Gasteiger partial charge in [0.1, 0.15) is 0 Å². The summed E-state index contributed by atoms with van der Waals surface area (Å²) in [6, 6.07) is 16.1. The summed E-state index contributed by atoms with van der Waals surface area (Å²) in [6.07, 6.45) is 0.846. The summed E-state index contributed by atoms with van der Waals surface area (Å²) >= 11 is 11.0. The third-order valence-electron chi connectivity index (χ3n) is 2.96. The van der Waals surface area contributed by atoms with Gasteiger partial charge in [-0.25, -0.2) is 4.98 Å². The number of benzene rings is 2. The summed E-state index contributed by atoms with van der Waals surface area (Å²) in [5.74, 6) is 0. The second-order valence-corrected chi connectivity index (χ2v) is 6.73. The van der Waals surface area contributed by atoms with Gasteiger partial charge >= 0.3 is 0 Å². The molecule has 0 aliphatic rings. The van der Waals surface area contributed by atoms with Crippen molar-refractivity contribution in [2.75, 3.05) is 0 Å². The molecule has 0 aliphatic heterocycles. The van der Waals surface area contributed by atoms with E-state index < -0.39 is 0 Å². The Labute approximate surface area is 135 Å². The zero-order chi connectivity index (χ0) is 13.9. The fourth-order valence-electron chi connectivity index (χ4n) is 1.92. The molecule has 0 bridgehead atoms. The predicted octanol–water partition coefficient (Wildman–Crippen LogP) is 5.82. The number of hydrogen-bond acceptors (Lipinski definition) is 2. The molecular weight excluding hydrogens is 354 g/mol. The Morgan fingerprint density at radius 1 is 1.00 bits per heavy atom. The van der Waals surface area contributed by atoms with Crippen LogP contribution in [0.2, 0.25) is 5.02 Å². The van der Waals surface area contributed by atoms with Crippen molar-refractivity contribution >= 4 is 38.9 Å². The molecule has 0 spiro atoms. The first-order valence-corrected chi connectivity index (χ1v) is 8.20. The maximum absolute atomic E-state index is 5.89. The van der Waals surface area contributed by atoms with Gasteiger partial charge in [0, 0.05) is 26.9 Å². The quantitative estimate of drug-likeness (QED) is 0.571. The second-order valence-electron chi connectivity index (χ2n) is 4.44. The Morgan fingerprint density at radius 3 is 2.40 bits per heavy atom. The molecule has 0 atom stereocenters. The highest BCUT2D eigenvalue weighted by Crippen LogP contribution is 2.25. The highest BCUT2D eigenvalue weighted by atomic mass is 79.9. The lowest BCUT2D eigenvalue weighted by Gasteiger charge is -1.98. The van der Waals surface area contributed by atoms with Gasteiger partial charge in [-0.15, -0.1) is 11.3 Å². The average molecular weight is 365 g/mol. The molecule has 1 heterocycles. The SMILES string of the molecule is Clc1ccc(Cc2nc(-c3ccc(Br)cc3)cs2)cc1. The Hall–Kier alpha value is -1.16. The van der Waals surface area contributed by atoms with Crippen molar-refractivity contribution in [1.29, 1.82) is 0 Å². The first kappa shape index (κ1) is 13.8. The van der Waals surface area contributed by atoms with Gasteiger partial charge in [0.15, 0.2) is 0 Å². The van der Waals surface area contributed by atoms with Crippen LogP contribution in [-0.4, -0.2) is 4.98 Å². The topological polar surface area (TPSA) is 12.9 Å². The molecule has 100 valence electrons. The van der Waals surface area contributed by atoms with Gasteiger partial charge in [0.25, 0.3) is 0 Å². The average Bonchev–Trinajstić information content (AvgIpc) is 2.91. The Kier molecular flexibility index (Phi) is 4.20. The molecule has 2 aromatic carbocycles.